The van der Waals surface area contributed by atoms with Gasteiger partial charge < -0.3 is 14.4 Å². The number of nitrogens with zero attached hydrogens (tertiary/aromatic N) is 3. The van der Waals surface area contributed by atoms with E-state index in [9.17, 15) is 4.79 Å². The van der Waals surface area contributed by atoms with E-state index in [1.54, 1.807) is 4.90 Å². The van der Waals surface area contributed by atoms with Crippen LogP contribution in [0.4, 0.5) is 0 Å². The molecule has 0 atom stereocenters. The molecule has 1 heterocycles. The maximum Gasteiger partial charge on any atom is 0.227 e. The van der Waals surface area contributed by atoms with Gasteiger partial charge in [-0.2, -0.15) is 5.10 Å². The second-order valence-corrected chi connectivity index (χ2v) is 5.95. The number of benzene rings is 1. The molecule has 0 aliphatic heterocycles. The van der Waals surface area contributed by atoms with Crippen LogP contribution < -0.4 is 9.47 Å². The largest absolute Gasteiger partial charge is 0.490 e. The molecule has 1 aromatic heterocycles. The average molecular weight is 345 g/mol. The summed E-state index contributed by atoms with van der Waals surface area (Å²) in [5.41, 5.74) is 3.03. The van der Waals surface area contributed by atoms with Gasteiger partial charge in [-0.25, -0.2) is 0 Å². The Morgan fingerprint density at radius 2 is 1.88 bits per heavy atom. The van der Waals surface area contributed by atoms with Crippen molar-refractivity contribution >= 4 is 5.91 Å². The first kappa shape index (κ1) is 18.8. The Kier molecular flexibility index (Phi) is 6.44. The number of aromatic nitrogens is 2. The van der Waals surface area contributed by atoms with Crippen molar-refractivity contribution in [3.63, 3.8) is 0 Å². The molecule has 1 amide bonds. The standard InChI is InChI=1S/C19H27N3O3/c1-6-24-17-9-8-15(10-18(17)25-7-2)11-19(23)21(4)13-16-12-20-22(5)14(16)3/h8-10,12H,6-7,11,13H2,1-5H3. The number of carbonyl (C=O) groups is 1. The lowest BCUT2D eigenvalue weighted by molar-refractivity contribution is -0.129. The Hall–Kier alpha value is -2.50. The van der Waals surface area contributed by atoms with Crippen molar-refractivity contribution in [3.8, 4) is 11.5 Å². The third-order valence-electron chi connectivity index (χ3n) is 4.13. The van der Waals surface area contributed by atoms with Gasteiger partial charge in [-0.05, 0) is 38.5 Å². The number of carbonyl (C=O) groups excluding carboxylic acids is 1. The quantitative estimate of drug-likeness (QED) is 0.738. The first-order valence-electron chi connectivity index (χ1n) is 8.56. The minimum Gasteiger partial charge on any atom is -0.490 e. The van der Waals surface area contributed by atoms with E-state index in [1.165, 1.54) is 0 Å². The molecule has 2 aromatic rings. The summed E-state index contributed by atoms with van der Waals surface area (Å²) in [6.45, 7) is 7.54. The minimum absolute atomic E-state index is 0.0508. The molecule has 0 spiro atoms. The van der Waals surface area contributed by atoms with Gasteiger partial charge in [-0.3, -0.25) is 9.48 Å². The lowest BCUT2D eigenvalue weighted by atomic mass is 10.1. The molecular weight excluding hydrogens is 318 g/mol. The zero-order valence-corrected chi connectivity index (χ0v) is 15.7. The van der Waals surface area contributed by atoms with Crippen molar-refractivity contribution < 1.29 is 14.3 Å². The van der Waals surface area contributed by atoms with Crippen LogP contribution in [-0.2, 0) is 24.8 Å². The highest BCUT2D eigenvalue weighted by atomic mass is 16.5. The molecule has 136 valence electrons. The second-order valence-electron chi connectivity index (χ2n) is 5.95. The predicted molar refractivity (Wildman–Crippen MR) is 96.9 cm³/mol. The van der Waals surface area contributed by atoms with E-state index in [0.29, 0.717) is 37.7 Å². The smallest absolute Gasteiger partial charge is 0.227 e. The van der Waals surface area contributed by atoms with Crippen LogP contribution in [0.15, 0.2) is 24.4 Å². The Balaban J connectivity index is 2.06. The van der Waals surface area contributed by atoms with Gasteiger partial charge in [0.15, 0.2) is 11.5 Å². The SMILES string of the molecule is CCOc1ccc(CC(=O)N(C)Cc2cnn(C)c2C)cc1OCC. The van der Waals surface area contributed by atoms with Crippen molar-refractivity contribution in [2.24, 2.45) is 7.05 Å². The number of amides is 1. The van der Waals surface area contributed by atoms with Crippen LogP contribution in [-0.4, -0.2) is 40.8 Å². The van der Waals surface area contributed by atoms with Crippen molar-refractivity contribution in [2.45, 2.75) is 33.7 Å². The topological polar surface area (TPSA) is 56.6 Å². The molecule has 0 aliphatic carbocycles. The number of rotatable bonds is 8. The summed E-state index contributed by atoms with van der Waals surface area (Å²) >= 11 is 0. The van der Waals surface area contributed by atoms with Crippen molar-refractivity contribution in [1.29, 1.82) is 0 Å². The fourth-order valence-corrected chi connectivity index (χ4v) is 2.56. The molecule has 6 nitrogen and oxygen atoms in total. The third-order valence-corrected chi connectivity index (χ3v) is 4.13. The van der Waals surface area contributed by atoms with Crippen molar-refractivity contribution in [3.05, 3.63) is 41.2 Å². The van der Waals surface area contributed by atoms with E-state index in [4.69, 9.17) is 9.47 Å². The third kappa shape index (κ3) is 4.75. The highest BCUT2D eigenvalue weighted by Gasteiger charge is 2.15. The number of hydrogen-bond donors (Lipinski definition) is 0. The van der Waals surface area contributed by atoms with Gasteiger partial charge in [0, 0.05) is 31.9 Å². The summed E-state index contributed by atoms with van der Waals surface area (Å²) in [6, 6.07) is 5.66. The Labute approximate surface area is 149 Å². The fraction of sp³-hybridized carbons (Fsp3) is 0.474. The second kappa shape index (κ2) is 8.55. The van der Waals surface area contributed by atoms with E-state index >= 15 is 0 Å². The molecule has 25 heavy (non-hydrogen) atoms. The van der Waals surface area contributed by atoms with Crippen LogP contribution >= 0.6 is 0 Å². The zero-order chi connectivity index (χ0) is 18.4. The molecule has 0 bridgehead atoms. The molecule has 0 fully saturated rings. The Morgan fingerprint density at radius 1 is 1.20 bits per heavy atom. The van der Waals surface area contributed by atoms with Gasteiger partial charge in [0.25, 0.3) is 0 Å². The summed E-state index contributed by atoms with van der Waals surface area (Å²) in [7, 11) is 3.71. The minimum atomic E-state index is 0.0508. The molecular formula is C19H27N3O3. The predicted octanol–water partition coefficient (Wildman–Crippen LogP) is 2.73. The zero-order valence-electron chi connectivity index (χ0n) is 15.7. The van der Waals surface area contributed by atoms with Gasteiger partial charge >= 0.3 is 0 Å². The Bertz CT molecular complexity index is 725. The summed E-state index contributed by atoms with van der Waals surface area (Å²) in [6.07, 6.45) is 2.13. The van der Waals surface area contributed by atoms with Crippen molar-refractivity contribution in [1.82, 2.24) is 14.7 Å². The van der Waals surface area contributed by atoms with Crippen LogP contribution in [0.5, 0.6) is 11.5 Å². The lowest BCUT2D eigenvalue weighted by Gasteiger charge is -2.18. The fourth-order valence-electron chi connectivity index (χ4n) is 2.56. The number of likely N-dealkylation sites (N-methyl/N-ethyl adjacent to an activating group) is 1. The van der Waals surface area contributed by atoms with Gasteiger partial charge in [-0.15, -0.1) is 0 Å². The van der Waals surface area contributed by atoms with E-state index in [2.05, 4.69) is 5.10 Å². The van der Waals surface area contributed by atoms with Crippen LogP contribution in [0.3, 0.4) is 0 Å². The van der Waals surface area contributed by atoms with E-state index in [1.807, 2.05) is 63.9 Å². The van der Waals surface area contributed by atoms with E-state index < -0.39 is 0 Å². The van der Waals surface area contributed by atoms with Crippen LogP contribution in [0, 0.1) is 6.92 Å². The van der Waals surface area contributed by atoms with Crippen LogP contribution in [0.25, 0.3) is 0 Å². The van der Waals surface area contributed by atoms with Gasteiger partial charge in [0.05, 0.1) is 25.8 Å². The first-order chi connectivity index (χ1) is 12.0. The van der Waals surface area contributed by atoms with E-state index in [0.717, 1.165) is 16.8 Å². The van der Waals surface area contributed by atoms with Crippen LogP contribution in [0.2, 0.25) is 0 Å². The van der Waals surface area contributed by atoms with Crippen molar-refractivity contribution in [2.75, 3.05) is 20.3 Å². The van der Waals surface area contributed by atoms with E-state index in [-0.39, 0.29) is 5.91 Å². The maximum absolute atomic E-state index is 12.5. The van der Waals surface area contributed by atoms with Crippen LogP contribution in [0.1, 0.15) is 30.7 Å². The normalized spacial score (nSPS) is 10.6. The highest BCUT2D eigenvalue weighted by molar-refractivity contribution is 5.78. The molecule has 0 saturated heterocycles. The molecule has 0 unspecified atom stereocenters. The molecule has 6 heteroatoms. The first-order valence-corrected chi connectivity index (χ1v) is 8.56. The summed E-state index contributed by atoms with van der Waals surface area (Å²) in [5.74, 6) is 1.44. The number of hydrogen-bond acceptors (Lipinski definition) is 4. The summed E-state index contributed by atoms with van der Waals surface area (Å²) < 4.78 is 13.0. The molecule has 0 aliphatic rings. The monoisotopic (exact) mass is 345 g/mol. The Morgan fingerprint density at radius 3 is 2.48 bits per heavy atom. The molecule has 0 radical (unpaired) electrons. The lowest BCUT2D eigenvalue weighted by Crippen LogP contribution is -2.27. The average Bonchev–Trinajstić information content (AvgIpc) is 2.89. The molecule has 2 rings (SSSR count). The van der Waals surface area contributed by atoms with Gasteiger partial charge in [0.2, 0.25) is 5.91 Å². The number of aryl methyl sites for hydroxylation is 1. The highest BCUT2D eigenvalue weighted by Crippen LogP contribution is 2.29. The number of ether oxygens (including phenoxy) is 2. The van der Waals surface area contributed by atoms with Gasteiger partial charge in [0.1, 0.15) is 0 Å². The summed E-state index contributed by atoms with van der Waals surface area (Å²) in [4.78, 5) is 14.3. The van der Waals surface area contributed by atoms with Gasteiger partial charge in [-0.1, -0.05) is 6.07 Å². The molecule has 1 aromatic carbocycles. The molecule has 0 N–H and O–H groups in total. The maximum atomic E-state index is 12.5. The summed E-state index contributed by atoms with van der Waals surface area (Å²) in [5, 5.41) is 4.22. The molecule has 0 saturated carbocycles.